The molecule has 0 aliphatic carbocycles. The second-order valence-electron chi connectivity index (χ2n) is 4.65. The number of hydrogen-bond acceptors (Lipinski definition) is 6. The van der Waals surface area contributed by atoms with Crippen molar-refractivity contribution in [3.63, 3.8) is 0 Å². The van der Waals surface area contributed by atoms with Gasteiger partial charge in [0, 0.05) is 12.0 Å². The van der Waals surface area contributed by atoms with E-state index in [0.717, 1.165) is 0 Å². The number of aromatic nitrogens is 2. The van der Waals surface area contributed by atoms with Crippen molar-refractivity contribution in [2.75, 3.05) is 0 Å². The first-order valence-corrected chi connectivity index (χ1v) is 6.18. The van der Waals surface area contributed by atoms with E-state index in [2.05, 4.69) is 10.1 Å². The van der Waals surface area contributed by atoms with Crippen LogP contribution in [0.3, 0.4) is 0 Å². The predicted molar refractivity (Wildman–Crippen MR) is 70.6 cm³/mol. The Morgan fingerprint density at radius 2 is 2.20 bits per heavy atom. The molecule has 0 saturated heterocycles. The molecule has 7 heteroatoms. The maximum Gasteiger partial charge on any atom is 0.276 e. The van der Waals surface area contributed by atoms with Crippen LogP contribution in [0.1, 0.15) is 37.0 Å². The highest BCUT2D eigenvalue weighted by atomic mass is 16.6. The number of hydrogen-bond donors (Lipinski definition) is 0. The van der Waals surface area contributed by atoms with Crippen LogP contribution in [0.2, 0.25) is 0 Å². The minimum absolute atomic E-state index is 0.0240. The summed E-state index contributed by atoms with van der Waals surface area (Å²) in [5.41, 5.74) is 0.497. The van der Waals surface area contributed by atoms with Gasteiger partial charge in [0.2, 0.25) is 0 Å². The summed E-state index contributed by atoms with van der Waals surface area (Å²) in [7, 11) is 0. The van der Waals surface area contributed by atoms with E-state index in [4.69, 9.17) is 9.26 Å². The number of nitro benzene ring substituents is 1. The fourth-order valence-electron chi connectivity index (χ4n) is 1.66. The Balaban J connectivity index is 2.10. The molecule has 1 aromatic carbocycles. The zero-order valence-corrected chi connectivity index (χ0v) is 11.5. The Hall–Kier alpha value is -2.44. The maximum absolute atomic E-state index is 10.8. The maximum atomic E-state index is 10.8. The molecule has 0 bridgehead atoms. The van der Waals surface area contributed by atoms with Gasteiger partial charge in [0.15, 0.2) is 12.4 Å². The summed E-state index contributed by atoms with van der Waals surface area (Å²) < 4.78 is 10.6. The van der Waals surface area contributed by atoms with Crippen LogP contribution in [0, 0.1) is 17.0 Å². The molecule has 0 spiro atoms. The van der Waals surface area contributed by atoms with Crippen LogP contribution in [-0.4, -0.2) is 15.1 Å². The first-order valence-electron chi connectivity index (χ1n) is 6.18. The van der Waals surface area contributed by atoms with Crippen LogP contribution in [0.4, 0.5) is 5.69 Å². The van der Waals surface area contributed by atoms with Crippen molar-refractivity contribution in [1.29, 1.82) is 0 Å². The minimum Gasteiger partial charge on any atom is -0.483 e. The molecule has 106 valence electrons. The molecule has 7 nitrogen and oxygen atoms in total. The van der Waals surface area contributed by atoms with Crippen LogP contribution in [0.5, 0.6) is 5.75 Å². The SMILES string of the molecule is Cc1c(OCc2nc(C(C)C)no2)cccc1[N+](=O)[O-]. The molecule has 2 aromatic rings. The highest BCUT2D eigenvalue weighted by Crippen LogP contribution is 2.27. The highest BCUT2D eigenvalue weighted by molar-refractivity contribution is 5.48. The van der Waals surface area contributed by atoms with Gasteiger partial charge in [-0.15, -0.1) is 0 Å². The largest absolute Gasteiger partial charge is 0.483 e. The number of ether oxygens (including phenoxy) is 1. The minimum atomic E-state index is -0.439. The van der Waals surface area contributed by atoms with Gasteiger partial charge in [0.05, 0.1) is 10.5 Å². The molecule has 20 heavy (non-hydrogen) atoms. The van der Waals surface area contributed by atoms with Crippen LogP contribution < -0.4 is 4.74 Å². The molecule has 0 radical (unpaired) electrons. The van der Waals surface area contributed by atoms with Gasteiger partial charge in [-0.1, -0.05) is 25.1 Å². The van der Waals surface area contributed by atoms with Gasteiger partial charge in [0.1, 0.15) is 5.75 Å². The Morgan fingerprint density at radius 3 is 2.80 bits per heavy atom. The van der Waals surface area contributed by atoms with Crippen molar-refractivity contribution < 1.29 is 14.2 Å². The summed E-state index contributed by atoms with van der Waals surface area (Å²) in [6.07, 6.45) is 0. The van der Waals surface area contributed by atoms with Crippen LogP contribution in [0.25, 0.3) is 0 Å². The quantitative estimate of drug-likeness (QED) is 0.616. The summed E-state index contributed by atoms with van der Waals surface area (Å²) in [4.78, 5) is 14.6. The first kappa shape index (κ1) is 14.0. The zero-order valence-electron chi connectivity index (χ0n) is 11.5. The number of nitrogens with zero attached hydrogens (tertiary/aromatic N) is 3. The van der Waals surface area contributed by atoms with Crippen molar-refractivity contribution in [3.8, 4) is 5.75 Å². The second kappa shape index (κ2) is 5.68. The standard InChI is InChI=1S/C13H15N3O4/c1-8(2)13-14-12(20-15-13)7-19-11-6-4-5-10(9(11)3)16(17)18/h4-6,8H,7H2,1-3H3. The van der Waals surface area contributed by atoms with E-state index < -0.39 is 4.92 Å². The van der Waals surface area contributed by atoms with Crippen molar-refractivity contribution in [2.24, 2.45) is 0 Å². The van der Waals surface area contributed by atoms with Gasteiger partial charge in [-0.25, -0.2) is 0 Å². The summed E-state index contributed by atoms with van der Waals surface area (Å²) in [5, 5.41) is 14.7. The molecule has 1 heterocycles. The Labute approximate surface area is 115 Å². The molecule has 2 rings (SSSR count). The summed E-state index contributed by atoms with van der Waals surface area (Å²) in [6.45, 7) is 5.64. The lowest BCUT2D eigenvalue weighted by Crippen LogP contribution is -2.00. The molecular weight excluding hydrogens is 262 g/mol. The fraction of sp³-hybridized carbons (Fsp3) is 0.385. The third kappa shape index (κ3) is 2.93. The highest BCUT2D eigenvalue weighted by Gasteiger charge is 2.15. The van der Waals surface area contributed by atoms with Gasteiger partial charge in [-0.2, -0.15) is 4.98 Å². The molecule has 0 aliphatic rings. The van der Waals surface area contributed by atoms with E-state index in [9.17, 15) is 10.1 Å². The third-order valence-electron chi connectivity index (χ3n) is 2.80. The lowest BCUT2D eigenvalue weighted by Gasteiger charge is -2.06. The molecule has 0 unspecified atom stereocenters. The molecule has 0 atom stereocenters. The van der Waals surface area contributed by atoms with E-state index in [0.29, 0.717) is 23.0 Å². The summed E-state index contributed by atoms with van der Waals surface area (Å²) in [5.74, 6) is 1.56. The Morgan fingerprint density at radius 1 is 1.45 bits per heavy atom. The van der Waals surface area contributed by atoms with E-state index in [1.54, 1.807) is 19.1 Å². The Kier molecular flexibility index (Phi) is 3.97. The van der Waals surface area contributed by atoms with E-state index in [-0.39, 0.29) is 18.2 Å². The predicted octanol–water partition coefficient (Wildman–Crippen LogP) is 2.99. The molecular formula is C13H15N3O4. The zero-order chi connectivity index (χ0) is 14.7. The van der Waals surface area contributed by atoms with Crippen LogP contribution >= 0.6 is 0 Å². The van der Waals surface area contributed by atoms with Gasteiger partial charge >= 0.3 is 0 Å². The molecule has 1 aromatic heterocycles. The number of rotatable bonds is 5. The molecule has 0 aliphatic heterocycles. The van der Waals surface area contributed by atoms with Crippen LogP contribution in [0.15, 0.2) is 22.7 Å². The van der Waals surface area contributed by atoms with Gasteiger partial charge in [-0.05, 0) is 13.0 Å². The third-order valence-corrected chi connectivity index (χ3v) is 2.80. The van der Waals surface area contributed by atoms with Crippen molar-refractivity contribution in [1.82, 2.24) is 10.1 Å². The fourth-order valence-corrected chi connectivity index (χ4v) is 1.66. The number of benzene rings is 1. The smallest absolute Gasteiger partial charge is 0.276 e. The number of nitro groups is 1. The molecule has 0 N–H and O–H groups in total. The van der Waals surface area contributed by atoms with Gasteiger partial charge < -0.3 is 9.26 Å². The summed E-state index contributed by atoms with van der Waals surface area (Å²) in [6, 6.07) is 4.68. The van der Waals surface area contributed by atoms with Crippen molar-refractivity contribution >= 4 is 5.69 Å². The van der Waals surface area contributed by atoms with E-state index >= 15 is 0 Å². The average Bonchev–Trinajstić information content (AvgIpc) is 2.86. The summed E-state index contributed by atoms with van der Waals surface area (Å²) >= 11 is 0. The molecule has 0 fully saturated rings. The topological polar surface area (TPSA) is 91.3 Å². The molecule has 0 amide bonds. The second-order valence-corrected chi connectivity index (χ2v) is 4.65. The first-order chi connectivity index (χ1) is 9.49. The van der Waals surface area contributed by atoms with Crippen molar-refractivity contribution in [3.05, 3.63) is 45.6 Å². The average molecular weight is 277 g/mol. The Bertz CT molecular complexity index is 622. The molecule has 0 saturated carbocycles. The van der Waals surface area contributed by atoms with Crippen molar-refractivity contribution in [2.45, 2.75) is 33.3 Å². The normalized spacial score (nSPS) is 10.8. The van der Waals surface area contributed by atoms with Gasteiger partial charge in [-0.3, -0.25) is 10.1 Å². The van der Waals surface area contributed by atoms with Gasteiger partial charge in [0.25, 0.3) is 11.6 Å². The van der Waals surface area contributed by atoms with E-state index in [1.165, 1.54) is 6.07 Å². The monoisotopic (exact) mass is 277 g/mol. The lowest BCUT2D eigenvalue weighted by atomic mass is 10.2. The van der Waals surface area contributed by atoms with Crippen LogP contribution in [-0.2, 0) is 6.61 Å². The lowest BCUT2D eigenvalue weighted by molar-refractivity contribution is -0.385. The van der Waals surface area contributed by atoms with E-state index in [1.807, 2.05) is 13.8 Å².